The number of carbonyl (C=O) groups excluding carboxylic acids is 3. The van der Waals surface area contributed by atoms with Crippen LogP contribution in [0.5, 0.6) is 0 Å². The maximum Gasteiger partial charge on any atom is 0.251 e. The average Bonchev–Trinajstić information content (AvgIpc) is 2.67. The summed E-state index contributed by atoms with van der Waals surface area (Å²) >= 11 is 0. The molecule has 4 N–H and O–H groups in total. The predicted molar refractivity (Wildman–Crippen MR) is 112 cm³/mol. The topological polar surface area (TPSA) is 99.3 Å². The molecule has 0 aliphatic heterocycles. The molecule has 0 atom stereocenters. The van der Waals surface area contributed by atoms with Crippen molar-refractivity contribution < 1.29 is 14.4 Å². The third kappa shape index (κ3) is 7.11. The summed E-state index contributed by atoms with van der Waals surface area (Å²) in [7, 11) is 0. The molecule has 0 aliphatic carbocycles. The molecule has 148 valence electrons. The van der Waals surface area contributed by atoms with Crippen molar-refractivity contribution in [2.75, 3.05) is 29.0 Å². The lowest BCUT2D eigenvalue weighted by Gasteiger charge is -2.10. The molecule has 0 saturated heterocycles. The van der Waals surface area contributed by atoms with E-state index in [9.17, 15) is 14.4 Å². The zero-order chi connectivity index (χ0) is 20.4. The van der Waals surface area contributed by atoms with Crippen LogP contribution in [-0.4, -0.2) is 30.8 Å². The Morgan fingerprint density at radius 2 is 1.61 bits per heavy atom. The maximum atomic E-state index is 12.1. The standard InChI is InChI=1S/C21H26N4O3/c1-3-4-12-22-21(28)16-8-10-17(11-9-16)25-20(27)14-23-18-6-5-7-19(13-18)24-15(2)26/h5-11,13,23H,3-4,12,14H2,1-2H3,(H,22,28)(H,24,26)(H,25,27). The lowest BCUT2D eigenvalue weighted by Crippen LogP contribution is -2.24. The Morgan fingerprint density at radius 3 is 2.29 bits per heavy atom. The lowest BCUT2D eigenvalue weighted by atomic mass is 10.2. The first-order valence-electron chi connectivity index (χ1n) is 9.27. The quantitative estimate of drug-likeness (QED) is 0.500. The average molecular weight is 382 g/mol. The van der Waals surface area contributed by atoms with Crippen molar-refractivity contribution in [3.8, 4) is 0 Å². The molecule has 28 heavy (non-hydrogen) atoms. The molecule has 2 aromatic rings. The molecule has 0 aromatic heterocycles. The highest BCUT2D eigenvalue weighted by atomic mass is 16.2. The lowest BCUT2D eigenvalue weighted by molar-refractivity contribution is -0.115. The fraction of sp³-hybridized carbons (Fsp3) is 0.286. The second-order valence-electron chi connectivity index (χ2n) is 6.35. The second-order valence-corrected chi connectivity index (χ2v) is 6.35. The van der Waals surface area contributed by atoms with Crippen molar-refractivity contribution in [2.24, 2.45) is 0 Å². The summed E-state index contributed by atoms with van der Waals surface area (Å²) in [6.07, 6.45) is 1.97. The van der Waals surface area contributed by atoms with Gasteiger partial charge < -0.3 is 21.3 Å². The van der Waals surface area contributed by atoms with Crippen molar-refractivity contribution in [3.63, 3.8) is 0 Å². The smallest absolute Gasteiger partial charge is 0.251 e. The number of carbonyl (C=O) groups is 3. The third-order valence-electron chi connectivity index (χ3n) is 3.88. The molecule has 0 heterocycles. The van der Waals surface area contributed by atoms with Crippen molar-refractivity contribution in [1.82, 2.24) is 5.32 Å². The van der Waals surface area contributed by atoms with Gasteiger partial charge in [0, 0.05) is 36.1 Å². The van der Waals surface area contributed by atoms with Crippen LogP contribution in [0.25, 0.3) is 0 Å². The van der Waals surface area contributed by atoms with Crippen molar-refractivity contribution in [3.05, 3.63) is 54.1 Å². The van der Waals surface area contributed by atoms with E-state index in [2.05, 4.69) is 28.2 Å². The Bertz CT molecular complexity index is 819. The van der Waals surface area contributed by atoms with E-state index in [4.69, 9.17) is 0 Å². The van der Waals surface area contributed by atoms with Crippen LogP contribution in [0.2, 0.25) is 0 Å². The Labute approximate surface area is 164 Å². The van der Waals surface area contributed by atoms with Gasteiger partial charge in [0.15, 0.2) is 0 Å². The van der Waals surface area contributed by atoms with Gasteiger partial charge >= 0.3 is 0 Å². The van der Waals surface area contributed by atoms with Gasteiger partial charge in [0.25, 0.3) is 5.91 Å². The van der Waals surface area contributed by atoms with E-state index in [0.717, 1.165) is 18.5 Å². The fourth-order valence-electron chi connectivity index (χ4n) is 2.48. The summed E-state index contributed by atoms with van der Waals surface area (Å²) in [6.45, 7) is 4.23. The van der Waals surface area contributed by atoms with E-state index in [-0.39, 0.29) is 24.3 Å². The van der Waals surface area contributed by atoms with Crippen LogP contribution in [0.4, 0.5) is 17.1 Å². The zero-order valence-corrected chi connectivity index (χ0v) is 16.2. The van der Waals surface area contributed by atoms with Gasteiger partial charge in [0.2, 0.25) is 11.8 Å². The van der Waals surface area contributed by atoms with Gasteiger partial charge in [-0.1, -0.05) is 19.4 Å². The summed E-state index contributed by atoms with van der Waals surface area (Å²) < 4.78 is 0. The molecule has 0 saturated carbocycles. The van der Waals surface area contributed by atoms with Crippen molar-refractivity contribution >= 4 is 34.8 Å². The third-order valence-corrected chi connectivity index (χ3v) is 3.88. The molecule has 3 amide bonds. The first-order valence-corrected chi connectivity index (χ1v) is 9.27. The van der Waals surface area contributed by atoms with Crippen molar-refractivity contribution in [2.45, 2.75) is 26.7 Å². The highest BCUT2D eigenvalue weighted by molar-refractivity contribution is 5.96. The predicted octanol–water partition coefficient (Wildman–Crippen LogP) is 3.23. The van der Waals surface area contributed by atoms with E-state index in [1.165, 1.54) is 6.92 Å². The molecule has 7 nitrogen and oxygen atoms in total. The van der Waals surface area contributed by atoms with E-state index in [0.29, 0.717) is 23.5 Å². The molecule has 0 spiro atoms. The Kier molecular flexibility index (Phi) is 8.02. The first kappa shape index (κ1) is 21.0. The van der Waals surface area contributed by atoms with Crippen LogP contribution in [0, 0.1) is 0 Å². The van der Waals surface area contributed by atoms with Gasteiger partial charge in [0.05, 0.1) is 6.54 Å². The van der Waals surface area contributed by atoms with E-state index < -0.39 is 0 Å². The SMILES string of the molecule is CCCCNC(=O)c1ccc(NC(=O)CNc2cccc(NC(C)=O)c2)cc1. The Morgan fingerprint density at radius 1 is 0.893 bits per heavy atom. The van der Waals surface area contributed by atoms with Crippen LogP contribution in [0.15, 0.2) is 48.5 Å². The van der Waals surface area contributed by atoms with Gasteiger partial charge in [-0.3, -0.25) is 14.4 Å². The first-order chi connectivity index (χ1) is 13.5. The molecule has 2 rings (SSSR count). The minimum Gasteiger partial charge on any atom is -0.376 e. The summed E-state index contributed by atoms with van der Waals surface area (Å²) in [5.74, 6) is -0.491. The van der Waals surface area contributed by atoms with Crippen LogP contribution in [0.3, 0.4) is 0 Å². The molecule has 2 aromatic carbocycles. The van der Waals surface area contributed by atoms with Gasteiger partial charge in [-0.2, -0.15) is 0 Å². The molecular formula is C21H26N4O3. The number of amides is 3. The summed E-state index contributed by atoms with van der Waals surface area (Å²) in [5, 5.41) is 11.3. The number of hydrogen-bond donors (Lipinski definition) is 4. The van der Waals surface area contributed by atoms with Gasteiger partial charge in [-0.05, 0) is 48.9 Å². The minimum atomic E-state index is -0.218. The van der Waals surface area contributed by atoms with E-state index >= 15 is 0 Å². The number of rotatable bonds is 9. The highest BCUT2D eigenvalue weighted by Gasteiger charge is 2.07. The fourth-order valence-corrected chi connectivity index (χ4v) is 2.48. The van der Waals surface area contributed by atoms with E-state index in [1.807, 2.05) is 6.07 Å². The van der Waals surface area contributed by atoms with Crippen LogP contribution >= 0.6 is 0 Å². The van der Waals surface area contributed by atoms with Crippen LogP contribution < -0.4 is 21.3 Å². The van der Waals surface area contributed by atoms with E-state index in [1.54, 1.807) is 42.5 Å². The number of benzene rings is 2. The molecule has 0 fully saturated rings. The zero-order valence-electron chi connectivity index (χ0n) is 16.2. The summed E-state index contributed by atoms with van der Waals surface area (Å²) in [6, 6.07) is 13.9. The summed E-state index contributed by atoms with van der Waals surface area (Å²) in [5.41, 5.74) is 2.55. The van der Waals surface area contributed by atoms with Gasteiger partial charge in [-0.15, -0.1) is 0 Å². The molecule has 0 unspecified atom stereocenters. The number of hydrogen-bond acceptors (Lipinski definition) is 4. The Balaban J connectivity index is 1.83. The minimum absolute atomic E-state index is 0.0722. The Hall–Kier alpha value is -3.35. The number of anilines is 3. The number of unbranched alkanes of at least 4 members (excludes halogenated alkanes) is 1. The monoisotopic (exact) mass is 382 g/mol. The number of nitrogens with one attached hydrogen (secondary N) is 4. The summed E-state index contributed by atoms with van der Waals surface area (Å²) in [4.78, 5) is 35.2. The second kappa shape index (κ2) is 10.7. The van der Waals surface area contributed by atoms with Gasteiger partial charge in [-0.25, -0.2) is 0 Å². The molecule has 7 heteroatoms. The molecular weight excluding hydrogens is 356 g/mol. The normalized spacial score (nSPS) is 10.1. The molecule has 0 aliphatic rings. The highest BCUT2D eigenvalue weighted by Crippen LogP contribution is 2.15. The maximum absolute atomic E-state index is 12.1. The van der Waals surface area contributed by atoms with Crippen LogP contribution in [-0.2, 0) is 9.59 Å². The largest absolute Gasteiger partial charge is 0.376 e. The molecule has 0 radical (unpaired) electrons. The molecule has 0 bridgehead atoms. The van der Waals surface area contributed by atoms with Crippen molar-refractivity contribution in [1.29, 1.82) is 0 Å². The van der Waals surface area contributed by atoms with Crippen LogP contribution in [0.1, 0.15) is 37.0 Å². The van der Waals surface area contributed by atoms with Gasteiger partial charge in [0.1, 0.15) is 0 Å².